The molecule has 2 aromatic carbocycles. The molecule has 4 rings (SSSR count). The molecule has 1 fully saturated rings. The van der Waals surface area contributed by atoms with Gasteiger partial charge in [-0.2, -0.15) is 0 Å². The van der Waals surface area contributed by atoms with Crippen molar-refractivity contribution in [3.63, 3.8) is 0 Å². The van der Waals surface area contributed by atoms with E-state index in [-0.39, 0.29) is 23.6 Å². The van der Waals surface area contributed by atoms with Crippen LogP contribution in [0.5, 0.6) is 5.75 Å². The van der Waals surface area contributed by atoms with Gasteiger partial charge in [0, 0.05) is 12.5 Å². The van der Waals surface area contributed by atoms with Gasteiger partial charge < -0.3 is 10.0 Å². The number of fused-ring (bicyclic) bond motifs is 1. The molecule has 2 aliphatic rings. The van der Waals surface area contributed by atoms with Crippen molar-refractivity contribution in [2.45, 2.75) is 32.2 Å². The zero-order valence-corrected chi connectivity index (χ0v) is 13.3. The molecule has 1 amide bonds. The van der Waals surface area contributed by atoms with Crippen molar-refractivity contribution in [2.24, 2.45) is 5.92 Å². The van der Waals surface area contributed by atoms with Crippen LogP contribution in [0.2, 0.25) is 0 Å². The maximum Gasteiger partial charge on any atom is 0.226 e. The highest BCUT2D eigenvalue weighted by Crippen LogP contribution is 2.41. The van der Waals surface area contributed by atoms with E-state index in [1.165, 1.54) is 11.1 Å². The van der Waals surface area contributed by atoms with Crippen molar-refractivity contribution in [1.82, 2.24) is 4.90 Å². The molecule has 1 aliphatic carbocycles. The molecule has 3 nitrogen and oxygen atoms in total. The van der Waals surface area contributed by atoms with Gasteiger partial charge >= 0.3 is 0 Å². The third-order valence-electron chi connectivity index (χ3n) is 4.93. The summed E-state index contributed by atoms with van der Waals surface area (Å²) in [5, 5.41) is 9.95. The van der Waals surface area contributed by atoms with Crippen LogP contribution in [0.3, 0.4) is 0 Å². The van der Waals surface area contributed by atoms with Gasteiger partial charge in [0.1, 0.15) is 5.75 Å². The van der Waals surface area contributed by atoms with E-state index >= 15 is 0 Å². The van der Waals surface area contributed by atoms with Crippen molar-refractivity contribution in [3.8, 4) is 5.75 Å². The monoisotopic (exact) mass is 307 g/mol. The molecule has 0 bridgehead atoms. The first-order chi connectivity index (χ1) is 11.1. The molecule has 118 valence electrons. The Hall–Kier alpha value is -2.29. The smallest absolute Gasteiger partial charge is 0.226 e. The van der Waals surface area contributed by atoms with Crippen LogP contribution in [0.15, 0.2) is 42.5 Å². The number of carbonyl (C=O) groups is 1. The SMILES string of the molecule is Cc1cccc(C2c3cc(O)ccc3CCN2C(=O)C2CC2)c1. The molecule has 3 heteroatoms. The number of amides is 1. The van der Waals surface area contributed by atoms with Crippen LogP contribution in [0.1, 0.15) is 41.1 Å². The van der Waals surface area contributed by atoms with Gasteiger partial charge in [-0.15, -0.1) is 0 Å². The largest absolute Gasteiger partial charge is 0.508 e. The lowest BCUT2D eigenvalue weighted by atomic mass is 9.87. The second kappa shape index (κ2) is 5.41. The zero-order chi connectivity index (χ0) is 16.0. The molecule has 0 radical (unpaired) electrons. The number of phenolic OH excluding ortho intramolecular Hbond substituents is 1. The van der Waals surface area contributed by atoms with Gasteiger partial charge in [-0.25, -0.2) is 0 Å². The Bertz CT molecular complexity index is 764. The number of aryl methyl sites for hydroxylation is 1. The third kappa shape index (κ3) is 2.61. The van der Waals surface area contributed by atoms with E-state index in [2.05, 4.69) is 25.1 Å². The number of carbonyl (C=O) groups excluding carboxylic acids is 1. The Morgan fingerprint density at radius 1 is 1.17 bits per heavy atom. The minimum atomic E-state index is -0.0844. The van der Waals surface area contributed by atoms with Gasteiger partial charge in [0.05, 0.1) is 6.04 Å². The topological polar surface area (TPSA) is 40.5 Å². The summed E-state index contributed by atoms with van der Waals surface area (Å²) in [6, 6.07) is 13.8. The first kappa shape index (κ1) is 14.3. The van der Waals surface area contributed by atoms with Crippen LogP contribution in [0, 0.1) is 12.8 Å². The normalized spacial score (nSPS) is 20.2. The molecule has 23 heavy (non-hydrogen) atoms. The van der Waals surface area contributed by atoms with E-state index in [9.17, 15) is 9.90 Å². The summed E-state index contributed by atoms with van der Waals surface area (Å²) in [5.41, 5.74) is 4.61. The number of rotatable bonds is 2. The second-order valence-corrected chi connectivity index (χ2v) is 6.76. The zero-order valence-electron chi connectivity index (χ0n) is 13.3. The number of benzene rings is 2. The van der Waals surface area contributed by atoms with Gasteiger partial charge in [0.2, 0.25) is 5.91 Å². The van der Waals surface area contributed by atoms with Crippen LogP contribution < -0.4 is 0 Å². The number of hydrogen-bond donors (Lipinski definition) is 1. The van der Waals surface area contributed by atoms with Crippen LogP contribution in [0.25, 0.3) is 0 Å². The van der Waals surface area contributed by atoms with Crippen molar-refractivity contribution in [1.29, 1.82) is 0 Å². The fraction of sp³-hybridized carbons (Fsp3) is 0.350. The summed E-state index contributed by atoms with van der Waals surface area (Å²) < 4.78 is 0. The Morgan fingerprint density at radius 3 is 2.74 bits per heavy atom. The second-order valence-electron chi connectivity index (χ2n) is 6.76. The summed E-state index contributed by atoms with van der Waals surface area (Å²) >= 11 is 0. The van der Waals surface area contributed by atoms with E-state index in [0.717, 1.165) is 36.9 Å². The molecule has 2 aromatic rings. The molecule has 1 atom stereocenters. The van der Waals surface area contributed by atoms with E-state index in [4.69, 9.17) is 0 Å². The quantitative estimate of drug-likeness (QED) is 0.921. The van der Waals surface area contributed by atoms with E-state index in [0.29, 0.717) is 0 Å². The third-order valence-corrected chi connectivity index (χ3v) is 4.93. The number of hydrogen-bond acceptors (Lipinski definition) is 2. The predicted octanol–water partition coefficient (Wildman–Crippen LogP) is 3.58. The van der Waals surface area contributed by atoms with Gasteiger partial charge in [-0.3, -0.25) is 4.79 Å². The molecule has 1 heterocycles. The highest BCUT2D eigenvalue weighted by molar-refractivity contribution is 5.82. The molecule has 1 aliphatic heterocycles. The lowest BCUT2D eigenvalue weighted by Crippen LogP contribution is -2.41. The molecule has 0 aromatic heterocycles. The fourth-order valence-corrected chi connectivity index (χ4v) is 3.60. The Labute approximate surface area is 136 Å². The highest BCUT2D eigenvalue weighted by Gasteiger charge is 2.39. The Morgan fingerprint density at radius 2 is 2.00 bits per heavy atom. The minimum absolute atomic E-state index is 0.0844. The molecular weight excluding hydrogens is 286 g/mol. The molecule has 1 saturated carbocycles. The van der Waals surface area contributed by atoms with Crippen molar-refractivity contribution in [2.75, 3.05) is 6.54 Å². The molecular formula is C20H21NO2. The molecule has 1 unspecified atom stereocenters. The van der Waals surface area contributed by atoms with E-state index in [1.807, 2.05) is 23.1 Å². The van der Waals surface area contributed by atoms with Crippen molar-refractivity contribution in [3.05, 3.63) is 64.7 Å². The average Bonchev–Trinajstić information content (AvgIpc) is 3.38. The number of aromatic hydroxyl groups is 1. The average molecular weight is 307 g/mol. The van der Waals surface area contributed by atoms with Gasteiger partial charge in [0.15, 0.2) is 0 Å². The van der Waals surface area contributed by atoms with E-state index < -0.39 is 0 Å². The lowest BCUT2D eigenvalue weighted by Gasteiger charge is -2.38. The Balaban J connectivity index is 1.83. The number of phenols is 1. The van der Waals surface area contributed by atoms with Crippen LogP contribution in [0.4, 0.5) is 0 Å². The minimum Gasteiger partial charge on any atom is -0.508 e. The maximum absolute atomic E-state index is 12.8. The molecule has 0 spiro atoms. The van der Waals surface area contributed by atoms with Gasteiger partial charge in [-0.05, 0) is 55.0 Å². The van der Waals surface area contributed by atoms with Crippen molar-refractivity contribution < 1.29 is 9.90 Å². The highest BCUT2D eigenvalue weighted by atomic mass is 16.3. The van der Waals surface area contributed by atoms with Crippen LogP contribution in [-0.2, 0) is 11.2 Å². The first-order valence-corrected chi connectivity index (χ1v) is 8.32. The fourth-order valence-electron chi connectivity index (χ4n) is 3.60. The predicted molar refractivity (Wildman–Crippen MR) is 89.3 cm³/mol. The standard InChI is InChI=1S/C20H21NO2/c1-13-3-2-4-16(11-13)19-18-12-17(22)8-7-14(18)9-10-21(19)20(23)15-5-6-15/h2-4,7-8,11-12,15,19,22H,5-6,9-10H2,1H3. The summed E-state index contributed by atoms with van der Waals surface area (Å²) in [5.74, 6) is 0.744. The summed E-state index contributed by atoms with van der Waals surface area (Å²) in [6.45, 7) is 2.83. The van der Waals surface area contributed by atoms with Gasteiger partial charge in [0.25, 0.3) is 0 Å². The molecule has 1 N–H and O–H groups in total. The Kier molecular flexibility index (Phi) is 3.37. The lowest BCUT2D eigenvalue weighted by molar-refractivity contribution is -0.134. The maximum atomic E-state index is 12.8. The summed E-state index contributed by atoms with van der Waals surface area (Å²) in [4.78, 5) is 14.8. The van der Waals surface area contributed by atoms with E-state index in [1.54, 1.807) is 6.07 Å². The van der Waals surface area contributed by atoms with Crippen molar-refractivity contribution >= 4 is 5.91 Å². The summed E-state index contributed by atoms with van der Waals surface area (Å²) in [6.07, 6.45) is 2.89. The number of nitrogens with zero attached hydrogens (tertiary/aromatic N) is 1. The molecule has 0 saturated heterocycles. The summed E-state index contributed by atoms with van der Waals surface area (Å²) in [7, 11) is 0. The first-order valence-electron chi connectivity index (χ1n) is 8.32. The van der Waals surface area contributed by atoms with Crippen LogP contribution >= 0.6 is 0 Å². The van der Waals surface area contributed by atoms with Gasteiger partial charge in [-0.1, -0.05) is 35.9 Å². The van der Waals surface area contributed by atoms with Crippen LogP contribution in [-0.4, -0.2) is 22.5 Å².